The first-order chi connectivity index (χ1) is 10.6. The lowest BCUT2D eigenvalue weighted by Gasteiger charge is -2.36. The van der Waals surface area contributed by atoms with Crippen molar-refractivity contribution in [2.45, 2.75) is 49.3 Å². The van der Waals surface area contributed by atoms with E-state index < -0.39 is 48.4 Å². The van der Waals surface area contributed by atoms with Crippen LogP contribution < -0.4 is 11.1 Å². The summed E-state index contributed by atoms with van der Waals surface area (Å²) < 4.78 is 8.93. The fourth-order valence-corrected chi connectivity index (χ4v) is 1.93. The number of hydrogen-bond donors (Lipinski definition) is 7. The summed E-state index contributed by atoms with van der Waals surface area (Å²) >= 11 is 0. The van der Waals surface area contributed by atoms with Crippen molar-refractivity contribution in [1.82, 2.24) is 5.32 Å². The standard InChI is InChI=1S/C12H22N2O9/c1-14-4-6(15)8(17)9(18)10(19)12(21)22-7(16)3-2-5(13)11(20)23-12/h5-6,8-10,14-15,17-19,21H,2-4,13H2,1H3/t5-,6?,8?,9?,10?,12?/m1/s1. The van der Waals surface area contributed by atoms with E-state index in [1.54, 1.807) is 0 Å². The second-order valence-corrected chi connectivity index (χ2v) is 5.22. The predicted octanol–water partition coefficient (Wildman–Crippen LogP) is -4.50. The van der Waals surface area contributed by atoms with Crippen LogP contribution in [0, 0.1) is 0 Å². The number of esters is 2. The Morgan fingerprint density at radius 1 is 1.26 bits per heavy atom. The average Bonchev–Trinajstić information content (AvgIpc) is 2.49. The van der Waals surface area contributed by atoms with Gasteiger partial charge in [0, 0.05) is 13.0 Å². The summed E-state index contributed by atoms with van der Waals surface area (Å²) in [5, 5.41) is 51.7. The Morgan fingerprint density at radius 2 is 1.87 bits per heavy atom. The quantitative estimate of drug-likeness (QED) is 0.231. The van der Waals surface area contributed by atoms with Crippen LogP contribution in [0.25, 0.3) is 0 Å². The van der Waals surface area contributed by atoms with E-state index in [9.17, 15) is 35.1 Å². The molecule has 134 valence electrons. The largest absolute Gasteiger partial charge is 0.403 e. The van der Waals surface area contributed by atoms with Gasteiger partial charge in [-0.3, -0.25) is 9.59 Å². The molecule has 0 aromatic rings. The molecule has 8 N–H and O–H groups in total. The van der Waals surface area contributed by atoms with Gasteiger partial charge >= 0.3 is 17.9 Å². The Labute approximate surface area is 131 Å². The van der Waals surface area contributed by atoms with Gasteiger partial charge in [0.2, 0.25) is 0 Å². The summed E-state index contributed by atoms with van der Waals surface area (Å²) in [6.07, 6.45) is -8.50. The topological polar surface area (TPSA) is 192 Å². The Hall–Kier alpha value is -1.34. The molecule has 0 amide bonds. The van der Waals surface area contributed by atoms with Crippen LogP contribution in [0.3, 0.4) is 0 Å². The van der Waals surface area contributed by atoms with Gasteiger partial charge in [0.1, 0.15) is 18.2 Å². The van der Waals surface area contributed by atoms with Crippen molar-refractivity contribution in [2.75, 3.05) is 13.6 Å². The molecule has 0 radical (unpaired) electrons. The molecular weight excluding hydrogens is 316 g/mol. The molecule has 5 unspecified atom stereocenters. The van der Waals surface area contributed by atoms with E-state index in [-0.39, 0.29) is 19.4 Å². The van der Waals surface area contributed by atoms with Crippen molar-refractivity contribution >= 4 is 11.9 Å². The Bertz CT molecular complexity index is 435. The number of rotatable bonds is 6. The number of aliphatic hydroxyl groups is 5. The van der Waals surface area contributed by atoms with Crippen molar-refractivity contribution in [2.24, 2.45) is 5.73 Å². The molecular formula is C12H22N2O9. The van der Waals surface area contributed by atoms with Gasteiger partial charge in [0.05, 0.1) is 6.10 Å². The van der Waals surface area contributed by atoms with Crippen molar-refractivity contribution in [1.29, 1.82) is 0 Å². The number of aliphatic hydroxyl groups excluding tert-OH is 4. The van der Waals surface area contributed by atoms with E-state index in [0.29, 0.717) is 0 Å². The van der Waals surface area contributed by atoms with E-state index >= 15 is 0 Å². The first-order valence-corrected chi connectivity index (χ1v) is 6.92. The summed E-state index contributed by atoms with van der Waals surface area (Å²) in [4.78, 5) is 23.1. The lowest BCUT2D eigenvalue weighted by molar-refractivity contribution is -0.377. The maximum Gasteiger partial charge on any atom is 0.403 e. The summed E-state index contributed by atoms with van der Waals surface area (Å²) in [5.74, 6) is -5.45. The minimum Gasteiger partial charge on any atom is -0.396 e. The Morgan fingerprint density at radius 3 is 2.43 bits per heavy atom. The van der Waals surface area contributed by atoms with Crippen molar-refractivity contribution in [3.63, 3.8) is 0 Å². The van der Waals surface area contributed by atoms with Gasteiger partial charge in [0.25, 0.3) is 0 Å². The lowest BCUT2D eigenvalue weighted by atomic mass is 10.0. The van der Waals surface area contributed by atoms with Crippen LogP contribution >= 0.6 is 0 Å². The number of cyclic esters (lactones) is 2. The van der Waals surface area contributed by atoms with Crippen LogP contribution in [-0.2, 0) is 19.1 Å². The van der Waals surface area contributed by atoms with Crippen LogP contribution in [-0.4, -0.2) is 87.5 Å². The molecule has 1 saturated heterocycles. The number of hydrogen-bond acceptors (Lipinski definition) is 11. The van der Waals surface area contributed by atoms with Gasteiger partial charge in [-0.05, 0) is 13.5 Å². The number of ether oxygens (including phenoxy) is 2. The Kier molecular flexibility index (Phi) is 6.83. The molecule has 23 heavy (non-hydrogen) atoms. The molecule has 1 aliphatic rings. The maximum atomic E-state index is 11.6. The second-order valence-electron chi connectivity index (χ2n) is 5.22. The van der Waals surface area contributed by atoms with Crippen LogP contribution in [0.2, 0.25) is 0 Å². The molecule has 0 aromatic carbocycles. The normalized spacial score (nSPS) is 31.2. The third kappa shape index (κ3) is 4.81. The highest BCUT2D eigenvalue weighted by molar-refractivity contribution is 5.78. The predicted molar refractivity (Wildman–Crippen MR) is 72.3 cm³/mol. The lowest BCUT2D eigenvalue weighted by Crippen LogP contribution is -2.61. The molecule has 0 saturated carbocycles. The molecule has 0 bridgehead atoms. The van der Waals surface area contributed by atoms with E-state index in [1.165, 1.54) is 7.05 Å². The average molecular weight is 338 g/mol. The fraction of sp³-hybridized carbons (Fsp3) is 0.833. The SMILES string of the molecule is CNCC(O)C(O)C(O)C(O)C1(O)OC(=O)CC[C@@H](N)C(=O)O1. The van der Waals surface area contributed by atoms with E-state index in [4.69, 9.17) is 5.73 Å². The zero-order chi connectivity index (χ0) is 17.8. The van der Waals surface area contributed by atoms with Gasteiger partial charge in [0.15, 0.2) is 6.10 Å². The minimum atomic E-state index is -3.24. The molecule has 1 fully saturated rings. The Balaban J connectivity index is 2.93. The smallest absolute Gasteiger partial charge is 0.396 e. The molecule has 1 heterocycles. The maximum absolute atomic E-state index is 11.6. The summed E-state index contributed by atoms with van der Waals surface area (Å²) in [7, 11) is 1.46. The van der Waals surface area contributed by atoms with E-state index in [2.05, 4.69) is 14.8 Å². The van der Waals surface area contributed by atoms with Crippen LogP contribution in [0.5, 0.6) is 0 Å². The van der Waals surface area contributed by atoms with E-state index in [1.807, 2.05) is 0 Å². The van der Waals surface area contributed by atoms with E-state index in [0.717, 1.165) is 0 Å². The molecule has 1 rings (SSSR count). The van der Waals surface area contributed by atoms with Crippen molar-refractivity contribution < 1.29 is 44.6 Å². The highest BCUT2D eigenvalue weighted by Crippen LogP contribution is 2.24. The molecule has 0 aromatic heterocycles. The van der Waals surface area contributed by atoms with Gasteiger partial charge in [-0.25, -0.2) is 0 Å². The molecule has 0 spiro atoms. The highest BCUT2D eigenvalue weighted by Gasteiger charge is 2.52. The second kappa shape index (κ2) is 7.97. The first kappa shape index (κ1) is 19.7. The minimum absolute atomic E-state index is 0.0874. The van der Waals surface area contributed by atoms with Crippen LogP contribution in [0.15, 0.2) is 0 Å². The van der Waals surface area contributed by atoms with Gasteiger partial charge in [-0.2, -0.15) is 0 Å². The summed E-state index contributed by atoms with van der Waals surface area (Å²) in [6.45, 7) is -0.145. The monoisotopic (exact) mass is 338 g/mol. The molecule has 11 nitrogen and oxygen atoms in total. The number of likely N-dealkylation sites (N-methyl/N-ethyl adjacent to an activating group) is 1. The van der Waals surface area contributed by atoms with Crippen molar-refractivity contribution in [3.05, 3.63) is 0 Å². The fourth-order valence-electron chi connectivity index (χ4n) is 1.93. The number of nitrogens with one attached hydrogen (secondary N) is 1. The van der Waals surface area contributed by atoms with Gasteiger partial charge < -0.3 is 46.1 Å². The zero-order valence-electron chi connectivity index (χ0n) is 12.5. The van der Waals surface area contributed by atoms with Gasteiger partial charge in [-0.15, -0.1) is 0 Å². The molecule has 11 heteroatoms. The number of nitrogens with two attached hydrogens (primary N) is 1. The molecule has 1 aliphatic heterocycles. The zero-order valence-corrected chi connectivity index (χ0v) is 12.5. The first-order valence-electron chi connectivity index (χ1n) is 6.92. The molecule has 0 aliphatic carbocycles. The summed E-state index contributed by atoms with van der Waals surface area (Å²) in [6, 6.07) is -1.24. The third-order valence-corrected chi connectivity index (χ3v) is 3.32. The molecule has 6 atom stereocenters. The van der Waals surface area contributed by atoms with Gasteiger partial charge in [-0.1, -0.05) is 0 Å². The highest BCUT2D eigenvalue weighted by atomic mass is 16.9. The van der Waals surface area contributed by atoms with Crippen LogP contribution in [0.1, 0.15) is 12.8 Å². The number of carbonyl (C=O) groups excluding carboxylic acids is 2. The van der Waals surface area contributed by atoms with Crippen molar-refractivity contribution in [3.8, 4) is 0 Å². The third-order valence-electron chi connectivity index (χ3n) is 3.32. The number of carbonyl (C=O) groups is 2. The van der Waals surface area contributed by atoms with Crippen LogP contribution in [0.4, 0.5) is 0 Å². The summed E-state index contributed by atoms with van der Waals surface area (Å²) in [5.41, 5.74) is 5.42.